The van der Waals surface area contributed by atoms with Crippen LogP contribution in [0, 0.1) is 11.8 Å². The highest BCUT2D eigenvalue weighted by Gasteiger charge is 2.40. The Balaban J connectivity index is 1.65. The number of hydrogen-bond acceptors (Lipinski definition) is 3. The van der Waals surface area contributed by atoms with Gasteiger partial charge in [-0.1, -0.05) is 35.3 Å². The molecule has 0 aliphatic carbocycles. The van der Waals surface area contributed by atoms with Crippen molar-refractivity contribution in [3.05, 3.63) is 58.8 Å². The lowest BCUT2D eigenvalue weighted by atomic mass is 9.88. The number of benzene rings is 1. The van der Waals surface area contributed by atoms with Crippen LogP contribution in [0.1, 0.15) is 31.7 Å². The van der Waals surface area contributed by atoms with E-state index in [1.807, 2.05) is 41.3 Å². The van der Waals surface area contributed by atoms with Crippen molar-refractivity contribution in [1.82, 2.24) is 9.88 Å². The third kappa shape index (κ3) is 5.16. The van der Waals surface area contributed by atoms with Gasteiger partial charge >= 0.3 is 0 Å². The highest BCUT2D eigenvalue weighted by molar-refractivity contribution is 9.10. The molecule has 6 heteroatoms. The number of nitrogens with zero attached hydrogens (tertiary/aromatic N) is 2. The normalized spacial score (nSPS) is 19.3. The topological polar surface area (TPSA) is 62.3 Å². The number of carbonyl (C=O) groups is 2. The maximum absolute atomic E-state index is 12.9. The Kier molecular flexibility index (Phi) is 6.61. The van der Waals surface area contributed by atoms with Crippen LogP contribution < -0.4 is 5.32 Å². The minimum Gasteiger partial charge on any atom is -0.338 e. The van der Waals surface area contributed by atoms with Crippen molar-refractivity contribution < 1.29 is 9.59 Å². The fourth-order valence-electron chi connectivity index (χ4n) is 3.65. The van der Waals surface area contributed by atoms with E-state index in [2.05, 4.69) is 33.2 Å². The Morgan fingerprint density at radius 2 is 2.07 bits per heavy atom. The maximum atomic E-state index is 12.9. The van der Waals surface area contributed by atoms with E-state index in [0.29, 0.717) is 13.1 Å². The Morgan fingerprint density at radius 3 is 2.74 bits per heavy atom. The quantitative estimate of drug-likeness (QED) is 0.715. The van der Waals surface area contributed by atoms with E-state index >= 15 is 0 Å². The molecule has 0 radical (unpaired) electrons. The molecule has 2 amide bonds. The Morgan fingerprint density at radius 1 is 1.30 bits per heavy atom. The van der Waals surface area contributed by atoms with E-state index in [4.69, 9.17) is 0 Å². The van der Waals surface area contributed by atoms with Crippen LogP contribution in [0.3, 0.4) is 0 Å². The number of rotatable bonds is 7. The summed E-state index contributed by atoms with van der Waals surface area (Å²) in [4.78, 5) is 31.4. The molecule has 1 fully saturated rings. The van der Waals surface area contributed by atoms with Crippen LogP contribution in [0.2, 0.25) is 0 Å². The first-order valence-corrected chi connectivity index (χ1v) is 10.1. The van der Waals surface area contributed by atoms with Crippen molar-refractivity contribution in [3.8, 4) is 0 Å². The number of amides is 2. The second-order valence-corrected chi connectivity index (χ2v) is 7.91. The molecular weight excluding hydrogens is 406 g/mol. The summed E-state index contributed by atoms with van der Waals surface area (Å²) in [5, 5.41) is 2.90. The summed E-state index contributed by atoms with van der Waals surface area (Å²) in [6, 6.07) is 11.3. The zero-order valence-electron chi connectivity index (χ0n) is 15.4. The second-order valence-electron chi connectivity index (χ2n) is 6.99. The molecule has 1 aromatic carbocycles. The van der Waals surface area contributed by atoms with Gasteiger partial charge in [0.15, 0.2) is 0 Å². The maximum Gasteiger partial charge on any atom is 0.226 e. The molecule has 3 rings (SSSR count). The molecule has 0 unspecified atom stereocenters. The van der Waals surface area contributed by atoms with Crippen LogP contribution in [0.15, 0.2) is 53.3 Å². The van der Waals surface area contributed by atoms with Gasteiger partial charge in [-0.2, -0.15) is 0 Å². The zero-order valence-corrected chi connectivity index (χ0v) is 17.0. The molecule has 2 heterocycles. The molecule has 1 saturated heterocycles. The predicted octanol–water partition coefficient (Wildman–Crippen LogP) is 4.25. The monoisotopic (exact) mass is 429 g/mol. The molecule has 27 heavy (non-hydrogen) atoms. The van der Waals surface area contributed by atoms with Crippen LogP contribution in [0.5, 0.6) is 0 Å². The number of pyridine rings is 1. The predicted molar refractivity (Wildman–Crippen MR) is 109 cm³/mol. The molecule has 2 aromatic rings. The minimum absolute atomic E-state index is 0.0725. The van der Waals surface area contributed by atoms with Crippen molar-refractivity contribution in [2.24, 2.45) is 11.8 Å². The SMILES string of the molecule is CCC[C@H]1CN(Cc2cccnc2)C(=O)[C@@H]1CC(=O)Nc1ccc(Br)cc1. The number of nitrogens with one attached hydrogen (secondary N) is 1. The number of halogens is 1. The minimum atomic E-state index is -0.253. The van der Waals surface area contributed by atoms with Gasteiger partial charge in [0.1, 0.15) is 0 Å². The second kappa shape index (κ2) is 9.13. The van der Waals surface area contributed by atoms with Gasteiger partial charge in [-0.25, -0.2) is 0 Å². The van der Waals surface area contributed by atoms with Crippen LogP contribution >= 0.6 is 15.9 Å². The fraction of sp³-hybridized carbons (Fsp3) is 0.381. The zero-order chi connectivity index (χ0) is 19.2. The van der Waals surface area contributed by atoms with Gasteiger partial charge in [-0.3, -0.25) is 14.6 Å². The van der Waals surface area contributed by atoms with Gasteiger partial charge in [-0.15, -0.1) is 0 Å². The van der Waals surface area contributed by atoms with Crippen LogP contribution in [-0.4, -0.2) is 28.2 Å². The first kappa shape index (κ1) is 19.5. The summed E-state index contributed by atoms with van der Waals surface area (Å²) in [6.45, 7) is 3.38. The van der Waals surface area contributed by atoms with E-state index < -0.39 is 0 Å². The number of carbonyl (C=O) groups excluding carboxylic acids is 2. The molecule has 142 valence electrons. The lowest BCUT2D eigenvalue weighted by molar-refractivity contribution is -0.133. The summed E-state index contributed by atoms with van der Waals surface area (Å²) < 4.78 is 0.959. The Hall–Kier alpha value is -2.21. The average Bonchev–Trinajstić information content (AvgIpc) is 2.94. The van der Waals surface area contributed by atoms with Gasteiger partial charge in [-0.05, 0) is 48.2 Å². The van der Waals surface area contributed by atoms with Gasteiger partial charge < -0.3 is 10.2 Å². The highest BCUT2D eigenvalue weighted by atomic mass is 79.9. The van der Waals surface area contributed by atoms with Crippen molar-refractivity contribution >= 4 is 33.4 Å². The number of aromatic nitrogens is 1. The van der Waals surface area contributed by atoms with E-state index in [9.17, 15) is 9.59 Å². The molecule has 0 bridgehead atoms. The van der Waals surface area contributed by atoms with Crippen molar-refractivity contribution in [2.45, 2.75) is 32.7 Å². The van der Waals surface area contributed by atoms with Gasteiger partial charge in [0.2, 0.25) is 11.8 Å². The van der Waals surface area contributed by atoms with Gasteiger partial charge in [0.05, 0.1) is 5.92 Å². The third-order valence-electron chi connectivity index (χ3n) is 4.94. The lowest BCUT2D eigenvalue weighted by Crippen LogP contribution is -2.29. The van der Waals surface area contributed by atoms with E-state index in [-0.39, 0.29) is 30.1 Å². The van der Waals surface area contributed by atoms with Crippen LogP contribution in [0.25, 0.3) is 0 Å². The van der Waals surface area contributed by atoms with E-state index in [1.54, 1.807) is 12.4 Å². The van der Waals surface area contributed by atoms with Crippen molar-refractivity contribution in [2.75, 3.05) is 11.9 Å². The average molecular weight is 430 g/mol. The fourth-order valence-corrected chi connectivity index (χ4v) is 3.92. The van der Waals surface area contributed by atoms with E-state index in [0.717, 1.165) is 28.6 Å². The molecule has 1 N–H and O–H groups in total. The van der Waals surface area contributed by atoms with Crippen LogP contribution in [-0.2, 0) is 16.1 Å². The summed E-state index contributed by atoms with van der Waals surface area (Å²) in [7, 11) is 0. The van der Waals surface area contributed by atoms with Crippen molar-refractivity contribution in [1.29, 1.82) is 0 Å². The first-order chi connectivity index (χ1) is 13.1. The summed E-state index contributed by atoms with van der Waals surface area (Å²) in [5.74, 6) is -0.0739. The standard InChI is InChI=1S/C21H24BrN3O2/c1-2-4-16-14-25(13-15-5-3-10-23-12-15)21(27)19(16)11-20(26)24-18-8-6-17(22)7-9-18/h3,5-10,12,16,19H,2,4,11,13-14H2,1H3,(H,24,26)/t16-,19+/m0/s1. The Labute approximate surface area is 168 Å². The smallest absolute Gasteiger partial charge is 0.226 e. The summed E-state index contributed by atoms with van der Waals surface area (Å²) >= 11 is 3.38. The van der Waals surface area contributed by atoms with Crippen LogP contribution in [0.4, 0.5) is 5.69 Å². The summed E-state index contributed by atoms with van der Waals surface area (Å²) in [5.41, 5.74) is 1.76. The molecule has 1 aromatic heterocycles. The van der Waals surface area contributed by atoms with Crippen molar-refractivity contribution in [3.63, 3.8) is 0 Å². The molecular formula is C21H24BrN3O2. The molecule has 2 atom stereocenters. The summed E-state index contributed by atoms with van der Waals surface area (Å²) in [6.07, 6.45) is 5.69. The van der Waals surface area contributed by atoms with Gasteiger partial charge in [0, 0.05) is 42.1 Å². The molecule has 0 spiro atoms. The molecule has 1 aliphatic rings. The van der Waals surface area contributed by atoms with E-state index in [1.165, 1.54) is 0 Å². The number of anilines is 1. The lowest BCUT2D eigenvalue weighted by Gasteiger charge is -2.16. The number of likely N-dealkylation sites (tertiary alicyclic amines) is 1. The molecule has 0 saturated carbocycles. The molecule has 1 aliphatic heterocycles. The van der Waals surface area contributed by atoms with Gasteiger partial charge in [0.25, 0.3) is 0 Å². The molecule has 5 nitrogen and oxygen atoms in total. The highest BCUT2D eigenvalue weighted by Crippen LogP contribution is 2.32. The largest absolute Gasteiger partial charge is 0.338 e. The Bertz CT molecular complexity index is 780. The number of hydrogen-bond donors (Lipinski definition) is 1. The third-order valence-corrected chi connectivity index (χ3v) is 5.47. The first-order valence-electron chi connectivity index (χ1n) is 9.30.